The highest BCUT2D eigenvalue weighted by Gasteiger charge is 2.03. The van der Waals surface area contributed by atoms with Crippen LogP contribution in [0.5, 0.6) is 0 Å². The first-order valence-corrected chi connectivity index (χ1v) is 2.54. The number of nitrogens with zero attached hydrogens (tertiary/aromatic N) is 1. The topological polar surface area (TPSA) is 67.5 Å². The molecule has 0 saturated heterocycles. The van der Waals surface area contributed by atoms with Gasteiger partial charge in [-0.3, -0.25) is 9.79 Å². The SMILES string of the molecule is NC(=O)C1=CNC=NC1. The van der Waals surface area contributed by atoms with E-state index >= 15 is 0 Å². The Morgan fingerprint density at radius 1 is 1.89 bits per heavy atom. The molecule has 0 aromatic rings. The maximum absolute atomic E-state index is 10.4. The maximum Gasteiger partial charge on any atom is 0.247 e. The van der Waals surface area contributed by atoms with Crippen molar-refractivity contribution < 1.29 is 4.79 Å². The van der Waals surface area contributed by atoms with Gasteiger partial charge in [-0.15, -0.1) is 0 Å². The summed E-state index contributed by atoms with van der Waals surface area (Å²) in [5.74, 6) is -0.417. The highest BCUT2D eigenvalue weighted by atomic mass is 16.1. The third-order valence-corrected chi connectivity index (χ3v) is 1.00. The summed E-state index contributed by atoms with van der Waals surface area (Å²) < 4.78 is 0. The fourth-order valence-corrected chi connectivity index (χ4v) is 0.529. The quantitative estimate of drug-likeness (QED) is 0.471. The van der Waals surface area contributed by atoms with E-state index in [0.29, 0.717) is 12.1 Å². The first-order valence-electron chi connectivity index (χ1n) is 2.54. The van der Waals surface area contributed by atoms with Gasteiger partial charge in [-0.2, -0.15) is 0 Å². The second-order valence-corrected chi connectivity index (χ2v) is 1.67. The molecular weight excluding hydrogens is 118 g/mol. The van der Waals surface area contributed by atoms with E-state index in [0.717, 1.165) is 0 Å². The number of rotatable bonds is 1. The molecule has 1 amide bonds. The second-order valence-electron chi connectivity index (χ2n) is 1.67. The molecule has 0 radical (unpaired) electrons. The molecule has 0 bridgehead atoms. The largest absolute Gasteiger partial charge is 0.366 e. The molecule has 0 spiro atoms. The Hall–Kier alpha value is -1.32. The van der Waals surface area contributed by atoms with Crippen molar-refractivity contribution in [1.82, 2.24) is 5.32 Å². The lowest BCUT2D eigenvalue weighted by molar-refractivity contribution is -0.114. The number of carbonyl (C=O) groups excluding carboxylic acids is 1. The van der Waals surface area contributed by atoms with Crippen LogP contribution in [-0.4, -0.2) is 18.8 Å². The molecule has 4 heteroatoms. The van der Waals surface area contributed by atoms with E-state index in [1.807, 2.05) is 0 Å². The fourth-order valence-electron chi connectivity index (χ4n) is 0.529. The second kappa shape index (κ2) is 2.30. The third kappa shape index (κ3) is 1.28. The average Bonchev–Trinajstić information content (AvgIpc) is 1.90. The van der Waals surface area contributed by atoms with Crippen LogP contribution in [0.1, 0.15) is 0 Å². The molecule has 0 aromatic carbocycles. The summed E-state index contributed by atoms with van der Waals surface area (Å²) in [6.45, 7) is 0.391. The van der Waals surface area contributed by atoms with Gasteiger partial charge < -0.3 is 11.1 Å². The zero-order chi connectivity index (χ0) is 6.69. The van der Waals surface area contributed by atoms with Crippen LogP contribution in [0.4, 0.5) is 0 Å². The van der Waals surface area contributed by atoms with Crippen molar-refractivity contribution in [2.24, 2.45) is 10.7 Å². The van der Waals surface area contributed by atoms with E-state index < -0.39 is 5.91 Å². The Kier molecular flexibility index (Phi) is 1.48. The van der Waals surface area contributed by atoms with Crippen molar-refractivity contribution in [3.63, 3.8) is 0 Å². The highest BCUT2D eigenvalue weighted by molar-refractivity contribution is 5.93. The van der Waals surface area contributed by atoms with Gasteiger partial charge in [0.2, 0.25) is 5.91 Å². The Morgan fingerprint density at radius 3 is 3.00 bits per heavy atom. The van der Waals surface area contributed by atoms with Crippen LogP contribution in [0.2, 0.25) is 0 Å². The Morgan fingerprint density at radius 2 is 2.67 bits per heavy atom. The summed E-state index contributed by atoms with van der Waals surface area (Å²) in [4.78, 5) is 14.2. The summed E-state index contributed by atoms with van der Waals surface area (Å²) in [5, 5.41) is 2.66. The number of hydrogen-bond donors (Lipinski definition) is 2. The minimum Gasteiger partial charge on any atom is -0.366 e. The van der Waals surface area contributed by atoms with Gasteiger partial charge in [-0.25, -0.2) is 0 Å². The van der Waals surface area contributed by atoms with E-state index in [2.05, 4.69) is 10.3 Å². The summed E-state index contributed by atoms with van der Waals surface area (Å²) in [5.41, 5.74) is 5.46. The molecule has 0 fully saturated rings. The zero-order valence-corrected chi connectivity index (χ0v) is 4.79. The van der Waals surface area contributed by atoms with Crippen molar-refractivity contribution >= 4 is 12.2 Å². The van der Waals surface area contributed by atoms with E-state index in [1.54, 1.807) is 6.20 Å². The van der Waals surface area contributed by atoms with Crippen LogP contribution in [0, 0.1) is 0 Å². The summed E-state index contributed by atoms with van der Waals surface area (Å²) >= 11 is 0. The minimum atomic E-state index is -0.417. The molecule has 4 nitrogen and oxygen atoms in total. The van der Waals surface area contributed by atoms with Gasteiger partial charge in [-0.1, -0.05) is 0 Å². The van der Waals surface area contributed by atoms with Crippen molar-refractivity contribution in [3.05, 3.63) is 11.8 Å². The molecule has 9 heavy (non-hydrogen) atoms. The van der Waals surface area contributed by atoms with Crippen LogP contribution in [-0.2, 0) is 4.79 Å². The smallest absolute Gasteiger partial charge is 0.247 e. The van der Waals surface area contributed by atoms with Crippen molar-refractivity contribution in [1.29, 1.82) is 0 Å². The fraction of sp³-hybridized carbons (Fsp3) is 0.200. The molecule has 1 rings (SSSR count). The maximum atomic E-state index is 10.4. The number of primary amides is 1. The monoisotopic (exact) mass is 125 g/mol. The van der Waals surface area contributed by atoms with Crippen LogP contribution >= 0.6 is 0 Å². The lowest BCUT2D eigenvalue weighted by Gasteiger charge is -2.02. The van der Waals surface area contributed by atoms with Gasteiger partial charge in [0, 0.05) is 6.20 Å². The van der Waals surface area contributed by atoms with Crippen molar-refractivity contribution in [3.8, 4) is 0 Å². The number of carbonyl (C=O) groups is 1. The van der Waals surface area contributed by atoms with Gasteiger partial charge in [0.1, 0.15) is 0 Å². The zero-order valence-electron chi connectivity index (χ0n) is 4.79. The van der Waals surface area contributed by atoms with E-state index in [9.17, 15) is 4.79 Å². The van der Waals surface area contributed by atoms with Gasteiger partial charge >= 0.3 is 0 Å². The standard InChI is InChI=1S/C5H7N3O/c6-5(9)4-1-7-3-8-2-4/h1,3H,2H2,(H2,6,9)(H,7,8). The predicted molar refractivity (Wildman–Crippen MR) is 33.8 cm³/mol. The van der Waals surface area contributed by atoms with Gasteiger partial charge in [0.25, 0.3) is 0 Å². The lowest BCUT2D eigenvalue weighted by Crippen LogP contribution is -2.21. The first kappa shape index (κ1) is 5.81. The van der Waals surface area contributed by atoms with Gasteiger partial charge in [-0.05, 0) is 0 Å². The van der Waals surface area contributed by atoms with Crippen LogP contribution < -0.4 is 11.1 Å². The number of aliphatic imine (C=N–C) groups is 1. The van der Waals surface area contributed by atoms with Crippen molar-refractivity contribution in [2.75, 3.05) is 6.54 Å². The Balaban J connectivity index is 2.61. The molecule has 0 aliphatic carbocycles. The van der Waals surface area contributed by atoms with Crippen molar-refractivity contribution in [2.45, 2.75) is 0 Å². The average molecular weight is 125 g/mol. The number of hydrogen-bond acceptors (Lipinski definition) is 3. The molecular formula is C5H7N3O. The molecule has 1 heterocycles. The number of nitrogens with two attached hydrogens (primary N) is 1. The minimum absolute atomic E-state index is 0.391. The van der Waals surface area contributed by atoms with Crippen LogP contribution in [0.15, 0.2) is 16.8 Å². The van der Waals surface area contributed by atoms with E-state index in [1.165, 1.54) is 6.34 Å². The third-order valence-electron chi connectivity index (χ3n) is 1.00. The Bertz CT molecular complexity index is 183. The number of nitrogens with one attached hydrogen (secondary N) is 1. The Labute approximate surface area is 52.5 Å². The first-order chi connectivity index (χ1) is 4.30. The molecule has 0 aromatic heterocycles. The van der Waals surface area contributed by atoms with E-state index in [4.69, 9.17) is 5.73 Å². The summed E-state index contributed by atoms with van der Waals surface area (Å²) in [6, 6.07) is 0. The highest BCUT2D eigenvalue weighted by Crippen LogP contribution is 1.93. The lowest BCUT2D eigenvalue weighted by atomic mass is 10.3. The predicted octanol–water partition coefficient (Wildman–Crippen LogP) is -1.01. The van der Waals surface area contributed by atoms with E-state index in [-0.39, 0.29) is 0 Å². The molecule has 1 aliphatic heterocycles. The summed E-state index contributed by atoms with van der Waals surface area (Å²) in [6.07, 6.45) is 3.07. The normalized spacial score (nSPS) is 16.2. The molecule has 0 atom stereocenters. The molecule has 0 unspecified atom stereocenters. The van der Waals surface area contributed by atoms with Crippen LogP contribution in [0.3, 0.4) is 0 Å². The molecule has 3 N–H and O–H groups in total. The molecule has 48 valence electrons. The molecule has 1 aliphatic rings. The van der Waals surface area contributed by atoms with Gasteiger partial charge in [0.05, 0.1) is 18.5 Å². The summed E-state index contributed by atoms with van der Waals surface area (Å²) in [7, 11) is 0. The van der Waals surface area contributed by atoms with Gasteiger partial charge in [0.15, 0.2) is 0 Å². The van der Waals surface area contributed by atoms with Crippen LogP contribution in [0.25, 0.3) is 0 Å². The number of amides is 1. The molecule has 0 saturated carbocycles.